The molecule has 0 heterocycles. The largest absolute Gasteiger partial charge is 0.480 e. The molecule has 1 amide bonds. The van der Waals surface area contributed by atoms with E-state index in [-0.39, 0.29) is 18.2 Å². The Kier molecular flexibility index (Phi) is 6.02. The summed E-state index contributed by atoms with van der Waals surface area (Å²) >= 11 is 5.86. The monoisotopic (exact) mass is 297 g/mol. The van der Waals surface area contributed by atoms with Gasteiger partial charge in [-0.05, 0) is 36.1 Å². The summed E-state index contributed by atoms with van der Waals surface area (Å²) in [7, 11) is 0. The van der Waals surface area contributed by atoms with Crippen LogP contribution in [0, 0.1) is 12.8 Å². The van der Waals surface area contributed by atoms with Crippen molar-refractivity contribution in [2.24, 2.45) is 5.92 Å². The van der Waals surface area contributed by atoms with Crippen LogP contribution in [-0.4, -0.2) is 23.0 Å². The highest BCUT2D eigenvalue weighted by Crippen LogP contribution is 2.16. The van der Waals surface area contributed by atoms with Crippen molar-refractivity contribution in [2.45, 2.75) is 39.7 Å². The van der Waals surface area contributed by atoms with Crippen LogP contribution >= 0.6 is 11.6 Å². The molecule has 0 aromatic heterocycles. The molecule has 0 fully saturated rings. The van der Waals surface area contributed by atoms with E-state index >= 15 is 0 Å². The second-order valence-corrected chi connectivity index (χ2v) is 5.45. The number of carboxylic acids is 1. The number of carbonyl (C=O) groups is 2. The van der Waals surface area contributed by atoms with Crippen molar-refractivity contribution in [1.82, 2.24) is 5.32 Å². The number of hydrogen-bond donors (Lipinski definition) is 2. The Hall–Kier alpha value is -1.55. The van der Waals surface area contributed by atoms with Crippen LogP contribution in [0.2, 0.25) is 5.02 Å². The molecule has 0 saturated carbocycles. The van der Waals surface area contributed by atoms with Gasteiger partial charge in [-0.2, -0.15) is 0 Å². The standard InChI is InChI=1S/C15H20ClNO3/c1-4-9(2)14(15(19)20)17-13(18)8-11-5-6-12(16)7-10(11)3/h5-7,9,14H,4,8H2,1-3H3,(H,17,18)(H,19,20)/t9-,14-/m0/s1. The van der Waals surface area contributed by atoms with E-state index in [1.165, 1.54) is 0 Å². The average molecular weight is 298 g/mol. The number of aryl methyl sites for hydroxylation is 1. The van der Waals surface area contributed by atoms with Gasteiger partial charge in [0.15, 0.2) is 0 Å². The van der Waals surface area contributed by atoms with Crippen molar-refractivity contribution < 1.29 is 14.7 Å². The topological polar surface area (TPSA) is 66.4 Å². The van der Waals surface area contributed by atoms with Crippen molar-refractivity contribution in [3.63, 3.8) is 0 Å². The summed E-state index contributed by atoms with van der Waals surface area (Å²) in [6, 6.07) is 4.45. The lowest BCUT2D eigenvalue weighted by Gasteiger charge is -2.20. The highest BCUT2D eigenvalue weighted by atomic mass is 35.5. The lowest BCUT2D eigenvalue weighted by Crippen LogP contribution is -2.45. The van der Waals surface area contributed by atoms with E-state index in [4.69, 9.17) is 16.7 Å². The molecular weight excluding hydrogens is 278 g/mol. The highest BCUT2D eigenvalue weighted by Gasteiger charge is 2.25. The molecule has 1 aromatic carbocycles. The third kappa shape index (κ3) is 4.53. The van der Waals surface area contributed by atoms with Crippen LogP contribution in [0.15, 0.2) is 18.2 Å². The molecule has 2 N–H and O–H groups in total. The zero-order valence-corrected chi connectivity index (χ0v) is 12.7. The molecule has 5 heteroatoms. The summed E-state index contributed by atoms with van der Waals surface area (Å²) in [5, 5.41) is 12.4. The fourth-order valence-electron chi connectivity index (χ4n) is 1.94. The molecule has 110 valence electrons. The quantitative estimate of drug-likeness (QED) is 0.848. The minimum atomic E-state index is -1.000. The number of nitrogens with one attached hydrogen (secondary N) is 1. The predicted molar refractivity (Wildman–Crippen MR) is 78.9 cm³/mol. The highest BCUT2D eigenvalue weighted by molar-refractivity contribution is 6.30. The molecule has 0 aliphatic carbocycles. The number of aliphatic carboxylic acids is 1. The summed E-state index contributed by atoms with van der Waals surface area (Å²) < 4.78 is 0. The zero-order valence-electron chi connectivity index (χ0n) is 11.9. The van der Waals surface area contributed by atoms with E-state index in [1.54, 1.807) is 18.2 Å². The van der Waals surface area contributed by atoms with Crippen molar-refractivity contribution in [1.29, 1.82) is 0 Å². The number of rotatable bonds is 6. The maximum Gasteiger partial charge on any atom is 0.326 e. The van der Waals surface area contributed by atoms with Crippen LogP contribution in [0.3, 0.4) is 0 Å². The second kappa shape index (κ2) is 7.29. The fourth-order valence-corrected chi connectivity index (χ4v) is 2.16. The predicted octanol–water partition coefficient (Wildman–Crippen LogP) is 2.81. The van der Waals surface area contributed by atoms with E-state index in [2.05, 4.69) is 5.32 Å². The van der Waals surface area contributed by atoms with E-state index in [0.717, 1.165) is 11.1 Å². The van der Waals surface area contributed by atoms with Gasteiger partial charge in [0, 0.05) is 5.02 Å². The van der Waals surface area contributed by atoms with Gasteiger partial charge in [-0.25, -0.2) is 4.79 Å². The molecule has 1 aromatic rings. The van der Waals surface area contributed by atoms with Gasteiger partial charge in [-0.15, -0.1) is 0 Å². The Balaban J connectivity index is 2.73. The van der Waals surface area contributed by atoms with Gasteiger partial charge in [-0.3, -0.25) is 4.79 Å². The summed E-state index contributed by atoms with van der Waals surface area (Å²) in [5.41, 5.74) is 1.77. The van der Waals surface area contributed by atoms with Crippen LogP contribution in [0.4, 0.5) is 0 Å². The SMILES string of the molecule is CC[C@H](C)[C@H](NC(=O)Cc1ccc(Cl)cc1C)C(=O)O. The molecule has 4 nitrogen and oxygen atoms in total. The molecule has 0 aliphatic rings. The van der Waals surface area contributed by atoms with Gasteiger partial charge in [-0.1, -0.05) is 37.9 Å². The Morgan fingerprint density at radius 3 is 2.55 bits per heavy atom. The normalized spacial score (nSPS) is 13.6. The van der Waals surface area contributed by atoms with Crippen molar-refractivity contribution in [3.8, 4) is 0 Å². The van der Waals surface area contributed by atoms with E-state index < -0.39 is 12.0 Å². The zero-order chi connectivity index (χ0) is 15.3. The number of benzene rings is 1. The van der Waals surface area contributed by atoms with Crippen LogP contribution in [-0.2, 0) is 16.0 Å². The van der Waals surface area contributed by atoms with Crippen molar-refractivity contribution >= 4 is 23.5 Å². The molecule has 0 radical (unpaired) electrons. The maximum absolute atomic E-state index is 12.0. The third-order valence-corrected chi connectivity index (χ3v) is 3.69. The molecule has 0 unspecified atom stereocenters. The van der Waals surface area contributed by atoms with Gasteiger partial charge in [0.1, 0.15) is 6.04 Å². The Bertz CT molecular complexity index is 502. The van der Waals surface area contributed by atoms with Crippen molar-refractivity contribution in [2.75, 3.05) is 0 Å². The molecular formula is C15H20ClNO3. The average Bonchev–Trinajstić information content (AvgIpc) is 2.38. The summed E-state index contributed by atoms with van der Waals surface area (Å²) in [6.45, 7) is 5.58. The van der Waals surface area contributed by atoms with Crippen LogP contribution in [0.1, 0.15) is 31.4 Å². The first kappa shape index (κ1) is 16.5. The number of amides is 1. The van der Waals surface area contributed by atoms with Gasteiger partial charge < -0.3 is 10.4 Å². The Labute approximate surface area is 124 Å². The Morgan fingerprint density at radius 2 is 2.05 bits per heavy atom. The number of carboxylic acid groups (broad SMARTS) is 1. The van der Waals surface area contributed by atoms with E-state index in [0.29, 0.717) is 11.4 Å². The molecule has 0 aliphatic heterocycles. The molecule has 1 rings (SSSR count). The minimum absolute atomic E-state index is 0.109. The van der Waals surface area contributed by atoms with E-state index in [1.807, 2.05) is 20.8 Å². The van der Waals surface area contributed by atoms with E-state index in [9.17, 15) is 9.59 Å². The van der Waals surface area contributed by atoms with Gasteiger partial charge in [0.25, 0.3) is 0 Å². The summed E-state index contributed by atoms with van der Waals surface area (Å²) in [4.78, 5) is 23.1. The summed E-state index contributed by atoms with van der Waals surface area (Å²) in [6.07, 6.45) is 0.848. The molecule has 20 heavy (non-hydrogen) atoms. The Morgan fingerprint density at radius 1 is 1.40 bits per heavy atom. The minimum Gasteiger partial charge on any atom is -0.480 e. The van der Waals surface area contributed by atoms with Gasteiger partial charge >= 0.3 is 5.97 Å². The van der Waals surface area contributed by atoms with Gasteiger partial charge in [0.05, 0.1) is 6.42 Å². The van der Waals surface area contributed by atoms with Crippen LogP contribution < -0.4 is 5.32 Å². The molecule has 0 bridgehead atoms. The smallest absolute Gasteiger partial charge is 0.326 e. The second-order valence-electron chi connectivity index (χ2n) is 5.02. The number of hydrogen-bond acceptors (Lipinski definition) is 2. The third-order valence-electron chi connectivity index (χ3n) is 3.45. The first-order valence-electron chi connectivity index (χ1n) is 6.62. The molecule has 2 atom stereocenters. The summed E-state index contributed by atoms with van der Waals surface area (Å²) in [5.74, 6) is -1.40. The van der Waals surface area contributed by atoms with Crippen LogP contribution in [0.5, 0.6) is 0 Å². The number of carbonyl (C=O) groups excluding carboxylic acids is 1. The lowest BCUT2D eigenvalue weighted by molar-refractivity contribution is -0.143. The maximum atomic E-state index is 12.0. The molecule has 0 spiro atoms. The fraction of sp³-hybridized carbons (Fsp3) is 0.467. The first-order chi connectivity index (χ1) is 9.35. The lowest BCUT2D eigenvalue weighted by atomic mass is 9.98. The first-order valence-corrected chi connectivity index (χ1v) is 7.00. The van der Waals surface area contributed by atoms with Gasteiger partial charge in [0.2, 0.25) is 5.91 Å². The van der Waals surface area contributed by atoms with Crippen molar-refractivity contribution in [3.05, 3.63) is 34.3 Å². The molecule has 0 saturated heterocycles. The van der Waals surface area contributed by atoms with Crippen LogP contribution in [0.25, 0.3) is 0 Å². The number of halogens is 1.